The molecule has 0 amide bonds. The largest absolute Gasteiger partial charge is 0.229 e. The molecule has 0 radical (unpaired) electrons. The molecule has 1 saturated heterocycles. The predicted molar refractivity (Wildman–Crippen MR) is 73.2 cm³/mol. The van der Waals surface area contributed by atoms with E-state index in [9.17, 15) is 16.8 Å². The molecule has 1 aliphatic rings. The Bertz CT molecular complexity index is 460. The van der Waals surface area contributed by atoms with Crippen molar-refractivity contribution < 1.29 is 16.8 Å². The monoisotopic (exact) mass is 317 g/mol. The van der Waals surface area contributed by atoms with E-state index in [1.54, 1.807) is 0 Å². The summed E-state index contributed by atoms with van der Waals surface area (Å²) in [6.07, 6.45) is 4.27. The van der Waals surface area contributed by atoms with Crippen LogP contribution in [0.25, 0.3) is 0 Å². The average Bonchev–Trinajstić information content (AvgIpc) is 2.72. The van der Waals surface area contributed by atoms with Gasteiger partial charge in [-0.15, -0.1) is 11.6 Å². The summed E-state index contributed by atoms with van der Waals surface area (Å²) in [5.41, 5.74) is 0. The summed E-state index contributed by atoms with van der Waals surface area (Å²) in [4.78, 5) is 0. The van der Waals surface area contributed by atoms with Crippen LogP contribution in [0.2, 0.25) is 0 Å². The molecule has 108 valence electrons. The summed E-state index contributed by atoms with van der Waals surface area (Å²) < 4.78 is 47.7. The van der Waals surface area contributed by atoms with E-state index in [0.29, 0.717) is 12.4 Å². The Hall–Kier alpha value is 0.150. The second-order valence-electron chi connectivity index (χ2n) is 4.68. The highest BCUT2D eigenvalue weighted by molar-refractivity contribution is 7.93. The summed E-state index contributed by atoms with van der Waals surface area (Å²) in [5, 5.41) is 0. The first-order valence-electron chi connectivity index (χ1n) is 5.99. The van der Waals surface area contributed by atoms with Gasteiger partial charge < -0.3 is 0 Å². The molecular weight excluding hydrogens is 298 g/mol. The van der Waals surface area contributed by atoms with Crippen LogP contribution in [0, 0.1) is 0 Å². The molecule has 0 saturated carbocycles. The van der Waals surface area contributed by atoms with Gasteiger partial charge >= 0.3 is 0 Å². The maximum absolute atomic E-state index is 12.1. The van der Waals surface area contributed by atoms with E-state index >= 15 is 0 Å². The number of hydrogen-bond donors (Lipinski definition) is 0. The van der Waals surface area contributed by atoms with E-state index in [2.05, 4.69) is 0 Å². The third kappa shape index (κ3) is 5.03. The van der Waals surface area contributed by atoms with Crippen molar-refractivity contribution in [3.63, 3.8) is 0 Å². The van der Waals surface area contributed by atoms with Crippen LogP contribution in [-0.4, -0.2) is 57.4 Å². The zero-order chi connectivity index (χ0) is 13.8. The van der Waals surface area contributed by atoms with Crippen molar-refractivity contribution in [2.45, 2.75) is 31.7 Å². The van der Waals surface area contributed by atoms with Gasteiger partial charge in [0.05, 0.1) is 11.5 Å². The lowest BCUT2D eigenvalue weighted by Crippen LogP contribution is -2.38. The van der Waals surface area contributed by atoms with E-state index in [4.69, 9.17) is 11.6 Å². The number of sulfone groups is 1. The summed E-state index contributed by atoms with van der Waals surface area (Å²) in [5.74, 6) is -0.106. The number of sulfonamides is 1. The van der Waals surface area contributed by atoms with Crippen molar-refractivity contribution in [1.29, 1.82) is 0 Å². The van der Waals surface area contributed by atoms with Crippen LogP contribution in [0.1, 0.15) is 25.7 Å². The molecule has 1 unspecified atom stereocenters. The highest BCUT2D eigenvalue weighted by Crippen LogP contribution is 2.25. The van der Waals surface area contributed by atoms with E-state index < -0.39 is 19.9 Å². The topological polar surface area (TPSA) is 71.5 Å². The summed E-state index contributed by atoms with van der Waals surface area (Å²) in [6.45, 7) is 0.499. The summed E-state index contributed by atoms with van der Waals surface area (Å²) >= 11 is 5.62. The third-order valence-electron chi connectivity index (χ3n) is 3.06. The van der Waals surface area contributed by atoms with Crippen LogP contribution in [0.3, 0.4) is 0 Å². The van der Waals surface area contributed by atoms with Gasteiger partial charge in [-0.3, -0.25) is 0 Å². The lowest BCUT2D eigenvalue weighted by molar-refractivity contribution is 0.369. The van der Waals surface area contributed by atoms with Crippen molar-refractivity contribution >= 4 is 31.5 Å². The van der Waals surface area contributed by atoms with Crippen LogP contribution < -0.4 is 0 Å². The first-order chi connectivity index (χ1) is 8.26. The first-order valence-corrected chi connectivity index (χ1v) is 10.2. The Balaban J connectivity index is 2.65. The lowest BCUT2D eigenvalue weighted by Gasteiger charge is -2.23. The summed E-state index contributed by atoms with van der Waals surface area (Å²) in [7, 11) is -6.71. The second kappa shape index (κ2) is 6.54. The molecule has 1 fully saturated rings. The van der Waals surface area contributed by atoms with Crippen molar-refractivity contribution in [3.05, 3.63) is 0 Å². The minimum atomic E-state index is -3.46. The fraction of sp³-hybridized carbons (Fsp3) is 1.00. The van der Waals surface area contributed by atoms with Crippen molar-refractivity contribution in [2.24, 2.45) is 0 Å². The van der Waals surface area contributed by atoms with Crippen LogP contribution in [-0.2, 0) is 19.9 Å². The van der Waals surface area contributed by atoms with Crippen LogP contribution in [0.15, 0.2) is 0 Å². The Morgan fingerprint density at radius 3 is 2.44 bits per heavy atom. The fourth-order valence-electron chi connectivity index (χ4n) is 2.15. The molecule has 1 rings (SSSR count). The SMILES string of the molecule is CS(=O)(=O)CCS(=O)(=O)N1CCCC1CCCCl. The molecule has 0 bridgehead atoms. The van der Waals surface area contributed by atoms with Gasteiger partial charge in [-0.05, 0) is 25.7 Å². The molecule has 0 aromatic rings. The van der Waals surface area contributed by atoms with E-state index in [1.165, 1.54) is 4.31 Å². The molecule has 1 atom stereocenters. The molecule has 0 aromatic heterocycles. The standard InChI is InChI=1S/C10H20ClNO4S2/c1-17(13,14)8-9-18(15,16)12-7-3-5-10(12)4-2-6-11/h10H,2-9H2,1H3. The Morgan fingerprint density at radius 2 is 1.89 bits per heavy atom. The third-order valence-corrected chi connectivity index (χ3v) is 6.45. The van der Waals surface area contributed by atoms with Crippen LogP contribution in [0.5, 0.6) is 0 Å². The van der Waals surface area contributed by atoms with E-state index in [-0.39, 0.29) is 17.5 Å². The molecule has 0 spiro atoms. The van der Waals surface area contributed by atoms with Gasteiger partial charge in [0.2, 0.25) is 10.0 Å². The van der Waals surface area contributed by atoms with Gasteiger partial charge in [0.25, 0.3) is 0 Å². The average molecular weight is 318 g/mol. The van der Waals surface area contributed by atoms with Gasteiger partial charge in [0.1, 0.15) is 9.84 Å². The Kier molecular flexibility index (Phi) is 5.89. The number of hydrogen-bond acceptors (Lipinski definition) is 4. The first kappa shape index (κ1) is 16.2. The highest BCUT2D eigenvalue weighted by Gasteiger charge is 2.33. The molecule has 1 heterocycles. The quantitative estimate of drug-likeness (QED) is 0.652. The smallest absolute Gasteiger partial charge is 0.215 e. The normalized spacial score (nSPS) is 22.4. The Morgan fingerprint density at radius 1 is 1.22 bits per heavy atom. The molecule has 8 heteroatoms. The van der Waals surface area contributed by atoms with Crippen molar-refractivity contribution in [2.75, 3.05) is 30.2 Å². The number of halogens is 1. The maximum atomic E-state index is 12.1. The fourth-order valence-corrected chi connectivity index (χ4v) is 5.67. The molecule has 0 aromatic carbocycles. The van der Waals surface area contributed by atoms with E-state index in [0.717, 1.165) is 31.9 Å². The van der Waals surface area contributed by atoms with Crippen LogP contribution >= 0.6 is 11.6 Å². The molecule has 0 N–H and O–H groups in total. The van der Waals surface area contributed by atoms with Crippen molar-refractivity contribution in [1.82, 2.24) is 4.31 Å². The van der Waals surface area contributed by atoms with Gasteiger partial charge in [0.15, 0.2) is 0 Å². The minimum Gasteiger partial charge on any atom is -0.229 e. The molecule has 5 nitrogen and oxygen atoms in total. The van der Waals surface area contributed by atoms with Crippen molar-refractivity contribution in [3.8, 4) is 0 Å². The molecular formula is C10H20ClNO4S2. The maximum Gasteiger partial charge on any atom is 0.215 e. The highest BCUT2D eigenvalue weighted by atomic mass is 35.5. The number of nitrogens with zero attached hydrogens (tertiary/aromatic N) is 1. The van der Waals surface area contributed by atoms with E-state index in [1.807, 2.05) is 0 Å². The minimum absolute atomic E-state index is 0.00619. The number of alkyl halides is 1. The molecule has 1 aliphatic heterocycles. The van der Waals surface area contributed by atoms with Gasteiger partial charge in [-0.25, -0.2) is 16.8 Å². The van der Waals surface area contributed by atoms with Gasteiger partial charge in [-0.2, -0.15) is 4.31 Å². The van der Waals surface area contributed by atoms with Gasteiger partial charge in [-0.1, -0.05) is 0 Å². The lowest BCUT2D eigenvalue weighted by atomic mass is 10.1. The zero-order valence-corrected chi connectivity index (χ0v) is 12.9. The predicted octanol–water partition coefficient (Wildman–Crippen LogP) is 0.844. The summed E-state index contributed by atoms with van der Waals surface area (Å²) in [6, 6.07) is -0.00619. The second-order valence-corrected chi connectivity index (χ2v) is 9.36. The number of rotatable bonds is 7. The van der Waals surface area contributed by atoms with Gasteiger partial charge in [0, 0.05) is 24.7 Å². The molecule has 18 heavy (non-hydrogen) atoms. The van der Waals surface area contributed by atoms with Crippen LogP contribution in [0.4, 0.5) is 0 Å². The zero-order valence-electron chi connectivity index (χ0n) is 10.5. The molecule has 0 aliphatic carbocycles. The Labute approximate surface area is 114 Å².